The molecule has 0 aromatic carbocycles. The smallest absolute Gasteiger partial charge is 0.311 e. The molecule has 2 heterocycles. The fourth-order valence-electron chi connectivity index (χ4n) is 3.02. The highest BCUT2D eigenvalue weighted by molar-refractivity contribution is 5.78. The average Bonchev–Trinajstić information content (AvgIpc) is 2.94. The third-order valence-electron chi connectivity index (χ3n) is 4.48. The van der Waals surface area contributed by atoms with Gasteiger partial charge in [-0.15, -0.1) is 0 Å². The SMILES string of the molecule is CN(C(=O)CCC1CCNCC1)C1COCC1C(=O)O. The van der Waals surface area contributed by atoms with Gasteiger partial charge < -0.3 is 20.1 Å². The summed E-state index contributed by atoms with van der Waals surface area (Å²) in [4.78, 5) is 24.9. The first-order valence-corrected chi connectivity index (χ1v) is 7.36. The van der Waals surface area contributed by atoms with E-state index in [1.54, 1.807) is 11.9 Å². The van der Waals surface area contributed by atoms with Crippen molar-refractivity contribution < 1.29 is 19.4 Å². The maximum absolute atomic E-state index is 12.2. The minimum atomic E-state index is -0.884. The van der Waals surface area contributed by atoms with E-state index < -0.39 is 11.9 Å². The quantitative estimate of drug-likeness (QED) is 0.760. The summed E-state index contributed by atoms with van der Waals surface area (Å²) in [6.45, 7) is 2.59. The molecule has 0 aromatic heterocycles. The van der Waals surface area contributed by atoms with Crippen molar-refractivity contribution in [1.82, 2.24) is 10.2 Å². The number of rotatable bonds is 5. The van der Waals surface area contributed by atoms with Crippen molar-refractivity contribution in [2.45, 2.75) is 31.7 Å². The number of nitrogens with zero attached hydrogens (tertiary/aromatic N) is 1. The molecule has 0 radical (unpaired) electrons. The molecule has 0 saturated carbocycles. The van der Waals surface area contributed by atoms with E-state index in [1.165, 1.54) is 0 Å². The van der Waals surface area contributed by atoms with Crippen LogP contribution in [0.1, 0.15) is 25.7 Å². The van der Waals surface area contributed by atoms with Gasteiger partial charge in [-0.25, -0.2) is 0 Å². The fraction of sp³-hybridized carbons (Fsp3) is 0.857. The predicted molar refractivity (Wildman–Crippen MR) is 73.3 cm³/mol. The second-order valence-corrected chi connectivity index (χ2v) is 5.79. The number of hydrogen-bond acceptors (Lipinski definition) is 4. The molecule has 114 valence electrons. The normalized spacial score (nSPS) is 27.4. The molecule has 2 atom stereocenters. The molecule has 1 amide bonds. The van der Waals surface area contributed by atoms with Crippen molar-refractivity contribution in [3.63, 3.8) is 0 Å². The monoisotopic (exact) mass is 284 g/mol. The Labute approximate surface area is 119 Å². The average molecular weight is 284 g/mol. The van der Waals surface area contributed by atoms with Crippen LogP contribution >= 0.6 is 0 Å². The number of nitrogens with one attached hydrogen (secondary N) is 1. The fourth-order valence-corrected chi connectivity index (χ4v) is 3.02. The van der Waals surface area contributed by atoms with Gasteiger partial charge >= 0.3 is 5.97 Å². The van der Waals surface area contributed by atoms with Crippen LogP contribution in [-0.2, 0) is 14.3 Å². The summed E-state index contributed by atoms with van der Waals surface area (Å²) in [6, 6.07) is -0.326. The van der Waals surface area contributed by atoms with Gasteiger partial charge in [0.15, 0.2) is 0 Å². The first-order valence-electron chi connectivity index (χ1n) is 7.36. The number of likely N-dealkylation sites (N-methyl/N-ethyl adjacent to an activating group) is 1. The number of hydrogen-bond donors (Lipinski definition) is 2. The molecule has 2 saturated heterocycles. The van der Waals surface area contributed by atoms with Gasteiger partial charge in [0, 0.05) is 13.5 Å². The Morgan fingerprint density at radius 1 is 1.30 bits per heavy atom. The van der Waals surface area contributed by atoms with E-state index in [2.05, 4.69) is 5.32 Å². The number of ether oxygens (including phenoxy) is 1. The van der Waals surface area contributed by atoms with Crippen LogP contribution in [0.5, 0.6) is 0 Å². The summed E-state index contributed by atoms with van der Waals surface area (Å²) < 4.78 is 5.21. The number of carboxylic acid groups (broad SMARTS) is 1. The van der Waals surface area contributed by atoms with E-state index in [4.69, 9.17) is 9.84 Å². The predicted octanol–water partition coefficient (Wildman–Crippen LogP) is 0.324. The zero-order valence-electron chi connectivity index (χ0n) is 12.0. The van der Waals surface area contributed by atoms with Crippen LogP contribution in [0.15, 0.2) is 0 Å². The van der Waals surface area contributed by atoms with Gasteiger partial charge in [0.1, 0.15) is 5.92 Å². The zero-order chi connectivity index (χ0) is 14.5. The van der Waals surface area contributed by atoms with E-state index in [9.17, 15) is 9.59 Å². The van der Waals surface area contributed by atoms with E-state index in [0.717, 1.165) is 32.4 Å². The summed E-state index contributed by atoms with van der Waals surface area (Å²) in [5, 5.41) is 12.4. The van der Waals surface area contributed by atoms with Crippen molar-refractivity contribution in [2.75, 3.05) is 33.4 Å². The Morgan fingerprint density at radius 3 is 2.65 bits per heavy atom. The van der Waals surface area contributed by atoms with Gasteiger partial charge in [-0.2, -0.15) is 0 Å². The number of carboxylic acids is 1. The van der Waals surface area contributed by atoms with Gasteiger partial charge in [-0.1, -0.05) is 0 Å². The van der Waals surface area contributed by atoms with Gasteiger partial charge in [-0.05, 0) is 38.3 Å². The first-order chi connectivity index (χ1) is 9.59. The molecule has 6 nitrogen and oxygen atoms in total. The van der Waals surface area contributed by atoms with Crippen molar-refractivity contribution in [2.24, 2.45) is 11.8 Å². The molecule has 20 heavy (non-hydrogen) atoms. The highest BCUT2D eigenvalue weighted by atomic mass is 16.5. The molecule has 2 rings (SSSR count). The topological polar surface area (TPSA) is 78.9 Å². The number of carbonyl (C=O) groups is 2. The second-order valence-electron chi connectivity index (χ2n) is 5.79. The lowest BCUT2D eigenvalue weighted by atomic mass is 9.92. The largest absolute Gasteiger partial charge is 0.481 e. The lowest BCUT2D eigenvalue weighted by molar-refractivity contribution is -0.144. The molecule has 0 bridgehead atoms. The number of piperidine rings is 1. The highest BCUT2D eigenvalue weighted by Crippen LogP contribution is 2.22. The van der Waals surface area contributed by atoms with Gasteiger partial charge in [-0.3, -0.25) is 9.59 Å². The summed E-state index contributed by atoms with van der Waals surface area (Å²) in [5.41, 5.74) is 0. The van der Waals surface area contributed by atoms with Crippen LogP contribution in [0.3, 0.4) is 0 Å². The lowest BCUT2D eigenvalue weighted by Crippen LogP contribution is -2.44. The lowest BCUT2D eigenvalue weighted by Gasteiger charge is -2.28. The summed E-state index contributed by atoms with van der Waals surface area (Å²) >= 11 is 0. The molecule has 2 fully saturated rings. The van der Waals surface area contributed by atoms with Crippen LogP contribution in [0.25, 0.3) is 0 Å². The Hall–Kier alpha value is -1.14. The maximum atomic E-state index is 12.2. The molecule has 2 aliphatic heterocycles. The van der Waals surface area contributed by atoms with Crippen LogP contribution in [0.2, 0.25) is 0 Å². The summed E-state index contributed by atoms with van der Waals surface area (Å²) in [5.74, 6) is -0.831. The molecule has 2 aliphatic rings. The van der Waals surface area contributed by atoms with E-state index in [0.29, 0.717) is 18.9 Å². The summed E-state index contributed by atoms with van der Waals surface area (Å²) in [7, 11) is 1.69. The highest BCUT2D eigenvalue weighted by Gasteiger charge is 2.38. The van der Waals surface area contributed by atoms with Crippen molar-refractivity contribution in [1.29, 1.82) is 0 Å². The molecule has 6 heteroatoms. The Bertz CT molecular complexity index is 355. The van der Waals surface area contributed by atoms with Crippen LogP contribution in [-0.4, -0.2) is 61.3 Å². The minimum Gasteiger partial charge on any atom is -0.481 e. The third-order valence-corrected chi connectivity index (χ3v) is 4.48. The van der Waals surface area contributed by atoms with Crippen molar-refractivity contribution in [3.8, 4) is 0 Å². The molecule has 0 spiro atoms. The molecule has 2 N–H and O–H groups in total. The molecular weight excluding hydrogens is 260 g/mol. The first kappa shape index (κ1) is 15.3. The van der Waals surface area contributed by atoms with Crippen molar-refractivity contribution >= 4 is 11.9 Å². The standard InChI is InChI=1S/C14H24N2O4/c1-16(12-9-20-8-11(12)14(18)19)13(17)3-2-10-4-6-15-7-5-10/h10-12,15H,2-9H2,1H3,(H,18,19). The number of carbonyl (C=O) groups excluding carboxylic acids is 1. The second kappa shape index (κ2) is 7.04. The number of aliphatic carboxylic acids is 1. The Morgan fingerprint density at radius 2 is 2.00 bits per heavy atom. The molecule has 2 unspecified atom stereocenters. The van der Waals surface area contributed by atoms with Crippen LogP contribution in [0, 0.1) is 11.8 Å². The van der Waals surface area contributed by atoms with Crippen molar-refractivity contribution in [3.05, 3.63) is 0 Å². The van der Waals surface area contributed by atoms with E-state index in [-0.39, 0.29) is 18.6 Å². The van der Waals surface area contributed by atoms with Gasteiger partial charge in [0.05, 0.1) is 19.3 Å². The maximum Gasteiger partial charge on any atom is 0.311 e. The Kier molecular flexibility index (Phi) is 5.37. The van der Waals surface area contributed by atoms with E-state index in [1.807, 2.05) is 0 Å². The molecular formula is C14H24N2O4. The van der Waals surface area contributed by atoms with Crippen LogP contribution < -0.4 is 5.32 Å². The third kappa shape index (κ3) is 3.70. The van der Waals surface area contributed by atoms with Crippen LogP contribution in [0.4, 0.5) is 0 Å². The number of amides is 1. The Balaban J connectivity index is 1.80. The van der Waals surface area contributed by atoms with Gasteiger partial charge in [0.2, 0.25) is 5.91 Å². The molecule has 0 aromatic rings. The van der Waals surface area contributed by atoms with E-state index >= 15 is 0 Å². The summed E-state index contributed by atoms with van der Waals surface area (Å²) in [6.07, 6.45) is 3.66. The van der Waals surface area contributed by atoms with Gasteiger partial charge in [0.25, 0.3) is 0 Å². The zero-order valence-corrected chi connectivity index (χ0v) is 12.0. The minimum absolute atomic E-state index is 0.0327. The molecule has 0 aliphatic carbocycles.